The Kier molecular flexibility index (Phi) is 4.71. The SMILES string of the molecule is CCCc1ccc(N2CCC(CC(=O)O)CC2)nn1. The van der Waals surface area contributed by atoms with Crippen molar-refractivity contribution in [3.63, 3.8) is 0 Å². The fraction of sp³-hybridized carbons (Fsp3) is 0.643. The number of rotatable bonds is 5. The zero-order valence-electron chi connectivity index (χ0n) is 11.4. The van der Waals surface area contributed by atoms with Crippen molar-refractivity contribution in [1.29, 1.82) is 0 Å². The van der Waals surface area contributed by atoms with E-state index in [1.165, 1.54) is 0 Å². The molecule has 0 atom stereocenters. The van der Waals surface area contributed by atoms with Gasteiger partial charge in [0.15, 0.2) is 5.82 Å². The van der Waals surface area contributed by atoms with Crippen LogP contribution < -0.4 is 4.90 Å². The van der Waals surface area contributed by atoms with Crippen LogP contribution in [0.3, 0.4) is 0 Å². The maximum absolute atomic E-state index is 10.7. The number of piperidine rings is 1. The Morgan fingerprint density at radius 1 is 1.37 bits per heavy atom. The van der Waals surface area contributed by atoms with E-state index in [0.29, 0.717) is 5.92 Å². The number of hydrogen-bond donors (Lipinski definition) is 1. The van der Waals surface area contributed by atoms with E-state index in [-0.39, 0.29) is 6.42 Å². The zero-order chi connectivity index (χ0) is 13.7. The lowest BCUT2D eigenvalue weighted by Crippen LogP contribution is -2.35. The number of carbonyl (C=O) groups is 1. The van der Waals surface area contributed by atoms with Gasteiger partial charge in [0.05, 0.1) is 5.69 Å². The van der Waals surface area contributed by atoms with Crippen LogP contribution in [0.5, 0.6) is 0 Å². The quantitative estimate of drug-likeness (QED) is 0.881. The van der Waals surface area contributed by atoms with E-state index in [4.69, 9.17) is 5.11 Å². The first kappa shape index (κ1) is 13.8. The van der Waals surface area contributed by atoms with Gasteiger partial charge in [0.1, 0.15) is 0 Å². The second-order valence-corrected chi connectivity index (χ2v) is 5.16. The average Bonchev–Trinajstić information content (AvgIpc) is 2.40. The maximum Gasteiger partial charge on any atom is 0.303 e. The van der Waals surface area contributed by atoms with Crippen LogP contribution >= 0.6 is 0 Å². The second-order valence-electron chi connectivity index (χ2n) is 5.16. The Balaban J connectivity index is 1.88. The molecule has 0 saturated carbocycles. The Morgan fingerprint density at radius 2 is 2.11 bits per heavy atom. The third-order valence-corrected chi connectivity index (χ3v) is 3.61. The minimum atomic E-state index is -0.692. The molecule has 0 spiro atoms. The van der Waals surface area contributed by atoms with Gasteiger partial charge in [-0.2, -0.15) is 5.10 Å². The third-order valence-electron chi connectivity index (χ3n) is 3.61. The number of nitrogens with zero attached hydrogens (tertiary/aromatic N) is 3. The van der Waals surface area contributed by atoms with Crippen LogP contribution in [-0.4, -0.2) is 34.4 Å². The van der Waals surface area contributed by atoms with Gasteiger partial charge in [-0.15, -0.1) is 5.10 Å². The first-order valence-corrected chi connectivity index (χ1v) is 6.98. The molecular weight excluding hydrogens is 242 g/mol. The molecule has 5 heteroatoms. The highest BCUT2D eigenvalue weighted by molar-refractivity contribution is 5.67. The van der Waals surface area contributed by atoms with E-state index in [9.17, 15) is 4.79 Å². The standard InChI is InChI=1S/C14H21N3O2/c1-2-3-12-4-5-13(16-15-12)17-8-6-11(7-9-17)10-14(18)19/h4-5,11H,2-3,6-10H2,1H3,(H,18,19). The molecule has 5 nitrogen and oxygen atoms in total. The van der Waals surface area contributed by atoms with Gasteiger partial charge in [0.25, 0.3) is 0 Å². The van der Waals surface area contributed by atoms with Crippen molar-refractivity contribution in [3.8, 4) is 0 Å². The van der Waals surface area contributed by atoms with E-state index < -0.39 is 5.97 Å². The van der Waals surface area contributed by atoms with E-state index >= 15 is 0 Å². The fourth-order valence-electron chi connectivity index (χ4n) is 2.52. The molecule has 1 aromatic heterocycles. The van der Waals surface area contributed by atoms with Crippen LogP contribution in [0, 0.1) is 5.92 Å². The summed E-state index contributed by atoms with van der Waals surface area (Å²) in [6, 6.07) is 4.06. The third kappa shape index (κ3) is 3.91. The number of carboxylic acid groups (broad SMARTS) is 1. The van der Waals surface area contributed by atoms with Gasteiger partial charge < -0.3 is 10.0 Å². The highest BCUT2D eigenvalue weighted by Gasteiger charge is 2.22. The first-order valence-electron chi connectivity index (χ1n) is 6.98. The van der Waals surface area contributed by atoms with Gasteiger partial charge >= 0.3 is 5.97 Å². The Hall–Kier alpha value is -1.65. The van der Waals surface area contributed by atoms with Gasteiger partial charge in [-0.1, -0.05) is 13.3 Å². The Morgan fingerprint density at radius 3 is 2.63 bits per heavy atom. The zero-order valence-corrected chi connectivity index (χ0v) is 11.4. The minimum Gasteiger partial charge on any atom is -0.481 e. The monoisotopic (exact) mass is 263 g/mol. The lowest BCUT2D eigenvalue weighted by molar-refractivity contribution is -0.138. The van der Waals surface area contributed by atoms with Crippen molar-refractivity contribution >= 4 is 11.8 Å². The van der Waals surface area contributed by atoms with Gasteiger partial charge in [-0.3, -0.25) is 4.79 Å². The molecule has 1 aliphatic rings. The van der Waals surface area contributed by atoms with Gasteiger partial charge in [0.2, 0.25) is 0 Å². The summed E-state index contributed by atoms with van der Waals surface area (Å²) in [4.78, 5) is 12.9. The van der Waals surface area contributed by atoms with E-state index in [1.807, 2.05) is 12.1 Å². The molecule has 0 unspecified atom stereocenters. The maximum atomic E-state index is 10.7. The number of aromatic nitrogens is 2. The van der Waals surface area contributed by atoms with Crippen LogP contribution in [0.4, 0.5) is 5.82 Å². The smallest absolute Gasteiger partial charge is 0.303 e. The van der Waals surface area contributed by atoms with Crippen molar-refractivity contribution in [2.75, 3.05) is 18.0 Å². The summed E-state index contributed by atoms with van der Waals surface area (Å²) in [6.45, 7) is 3.88. The molecule has 1 fully saturated rings. The van der Waals surface area contributed by atoms with Crippen LogP contribution in [0.2, 0.25) is 0 Å². The van der Waals surface area contributed by atoms with Crippen molar-refractivity contribution in [1.82, 2.24) is 10.2 Å². The number of carboxylic acids is 1. The predicted molar refractivity (Wildman–Crippen MR) is 73.2 cm³/mol. The van der Waals surface area contributed by atoms with E-state index in [2.05, 4.69) is 22.0 Å². The van der Waals surface area contributed by atoms with Gasteiger partial charge in [-0.25, -0.2) is 0 Å². The molecule has 0 bridgehead atoms. The molecule has 19 heavy (non-hydrogen) atoms. The van der Waals surface area contributed by atoms with E-state index in [0.717, 1.165) is 50.3 Å². The summed E-state index contributed by atoms with van der Waals surface area (Å²) in [5.41, 5.74) is 1.03. The molecule has 2 rings (SSSR count). The molecule has 0 aromatic carbocycles. The normalized spacial score (nSPS) is 16.6. The molecular formula is C14H21N3O2. The summed E-state index contributed by atoms with van der Waals surface area (Å²) >= 11 is 0. The molecule has 1 N–H and O–H groups in total. The molecule has 0 radical (unpaired) electrons. The van der Waals surface area contributed by atoms with E-state index in [1.54, 1.807) is 0 Å². The first-order chi connectivity index (χ1) is 9.19. The fourth-order valence-corrected chi connectivity index (χ4v) is 2.52. The molecule has 1 aliphatic heterocycles. The van der Waals surface area contributed by atoms with Crippen LogP contribution in [-0.2, 0) is 11.2 Å². The molecule has 1 aromatic rings. The predicted octanol–water partition coefficient (Wildman–Crippen LogP) is 2.12. The molecule has 0 aliphatic carbocycles. The largest absolute Gasteiger partial charge is 0.481 e. The summed E-state index contributed by atoms with van der Waals surface area (Å²) in [5, 5.41) is 17.3. The topological polar surface area (TPSA) is 66.3 Å². The van der Waals surface area contributed by atoms with Gasteiger partial charge in [0, 0.05) is 19.5 Å². The second kappa shape index (κ2) is 6.50. The van der Waals surface area contributed by atoms with Crippen molar-refractivity contribution < 1.29 is 9.90 Å². The summed E-state index contributed by atoms with van der Waals surface area (Å²) in [7, 11) is 0. The average molecular weight is 263 g/mol. The summed E-state index contributed by atoms with van der Waals surface area (Å²) in [6.07, 6.45) is 4.17. The lowest BCUT2D eigenvalue weighted by Gasteiger charge is -2.31. The van der Waals surface area contributed by atoms with Crippen LogP contribution in [0.1, 0.15) is 38.3 Å². The summed E-state index contributed by atoms with van der Waals surface area (Å²) < 4.78 is 0. The number of aryl methyl sites for hydroxylation is 1. The molecule has 0 amide bonds. The Labute approximate surface area is 113 Å². The highest BCUT2D eigenvalue weighted by Crippen LogP contribution is 2.23. The molecule has 1 saturated heterocycles. The number of hydrogen-bond acceptors (Lipinski definition) is 4. The van der Waals surface area contributed by atoms with Crippen molar-refractivity contribution in [3.05, 3.63) is 17.8 Å². The highest BCUT2D eigenvalue weighted by atomic mass is 16.4. The van der Waals surface area contributed by atoms with Crippen molar-refractivity contribution in [2.45, 2.75) is 39.0 Å². The molecule has 2 heterocycles. The lowest BCUT2D eigenvalue weighted by atomic mass is 9.94. The molecule has 104 valence electrons. The van der Waals surface area contributed by atoms with Crippen LogP contribution in [0.15, 0.2) is 12.1 Å². The minimum absolute atomic E-state index is 0.287. The number of aliphatic carboxylic acids is 1. The summed E-state index contributed by atoms with van der Waals surface area (Å²) in [5.74, 6) is 0.525. The Bertz CT molecular complexity index is 411. The van der Waals surface area contributed by atoms with Crippen LogP contribution in [0.25, 0.3) is 0 Å². The van der Waals surface area contributed by atoms with Crippen molar-refractivity contribution in [2.24, 2.45) is 5.92 Å². The number of anilines is 1. The van der Waals surface area contributed by atoms with Gasteiger partial charge in [-0.05, 0) is 37.3 Å².